The van der Waals surface area contributed by atoms with Crippen LogP contribution in [-0.2, 0) is 0 Å². The van der Waals surface area contributed by atoms with Gasteiger partial charge in [-0.15, -0.1) is 0 Å². The standard InChI is InChI=1S/C8H10N2S/c9-7(8(10)11)6-4-2-1-3-5-6/h1-5,7H,9H2,(H2,10,11)/t7-/m1/s1. The van der Waals surface area contributed by atoms with Crippen LogP contribution in [0, 0.1) is 0 Å². The van der Waals surface area contributed by atoms with E-state index < -0.39 is 0 Å². The number of hydrogen-bond acceptors (Lipinski definition) is 2. The van der Waals surface area contributed by atoms with Crippen molar-refractivity contribution >= 4 is 17.2 Å². The fourth-order valence-corrected chi connectivity index (χ4v) is 0.961. The fourth-order valence-electron chi connectivity index (χ4n) is 0.825. The predicted molar refractivity (Wildman–Crippen MR) is 50.2 cm³/mol. The molecule has 0 saturated heterocycles. The molecule has 0 aliphatic heterocycles. The number of benzene rings is 1. The molecule has 0 bridgehead atoms. The summed E-state index contributed by atoms with van der Waals surface area (Å²) in [6.07, 6.45) is 0. The van der Waals surface area contributed by atoms with E-state index in [9.17, 15) is 0 Å². The van der Waals surface area contributed by atoms with Crippen molar-refractivity contribution in [1.82, 2.24) is 0 Å². The van der Waals surface area contributed by atoms with Gasteiger partial charge in [-0.1, -0.05) is 42.5 Å². The number of rotatable bonds is 2. The van der Waals surface area contributed by atoms with Crippen LogP contribution in [0.3, 0.4) is 0 Å². The molecule has 0 heterocycles. The zero-order valence-corrected chi connectivity index (χ0v) is 6.84. The molecule has 0 radical (unpaired) electrons. The quantitative estimate of drug-likeness (QED) is 0.644. The van der Waals surface area contributed by atoms with Gasteiger partial charge in [0, 0.05) is 0 Å². The Balaban J connectivity index is 2.85. The third-order valence-corrected chi connectivity index (χ3v) is 1.72. The number of thiocarbonyl (C=S) groups is 1. The molecule has 0 amide bonds. The van der Waals surface area contributed by atoms with E-state index in [2.05, 4.69) is 0 Å². The molecule has 0 aromatic heterocycles. The van der Waals surface area contributed by atoms with Gasteiger partial charge >= 0.3 is 0 Å². The Bertz CT molecular complexity index is 246. The lowest BCUT2D eigenvalue weighted by Crippen LogP contribution is -2.26. The molecule has 1 aromatic rings. The second kappa shape index (κ2) is 3.46. The normalized spacial score (nSPS) is 12.5. The van der Waals surface area contributed by atoms with E-state index in [0.29, 0.717) is 4.99 Å². The molecule has 2 nitrogen and oxygen atoms in total. The average Bonchev–Trinajstić information content (AvgIpc) is 2.05. The summed E-state index contributed by atoms with van der Waals surface area (Å²) in [5.74, 6) is 0. The van der Waals surface area contributed by atoms with E-state index in [-0.39, 0.29) is 6.04 Å². The predicted octanol–water partition coefficient (Wildman–Crippen LogP) is 0.973. The first-order valence-electron chi connectivity index (χ1n) is 3.31. The first-order chi connectivity index (χ1) is 5.22. The van der Waals surface area contributed by atoms with Gasteiger partial charge in [0.1, 0.15) is 0 Å². The van der Waals surface area contributed by atoms with Crippen LogP contribution >= 0.6 is 12.2 Å². The molecule has 1 atom stereocenters. The Hall–Kier alpha value is -0.930. The van der Waals surface area contributed by atoms with Crippen molar-refractivity contribution in [2.24, 2.45) is 11.5 Å². The van der Waals surface area contributed by atoms with E-state index in [1.54, 1.807) is 0 Å². The van der Waals surface area contributed by atoms with Crippen molar-refractivity contribution < 1.29 is 0 Å². The third kappa shape index (κ3) is 2.00. The lowest BCUT2D eigenvalue weighted by molar-refractivity contribution is 0.967. The van der Waals surface area contributed by atoms with E-state index >= 15 is 0 Å². The molecule has 0 aliphatic rings. The molecule has 0 spiro atoms. The van der Waals surface area contributed by atoms with Crippen molar-refractivity contribution in [2.45, 2.75) is 6.04 Å². The summed E-state index contributed by atoms with van der Waals surface area (Å²) in [6.45, 7) is 0. The lowest BCUT2D eigenvalue weighted by Gasteiger charge is -2.08. The van der Waals surface area contributed by atoms with Gasteiger partial charge in [0.05, 0.1) is 11.0 Å². The summed E-state index contributed by atoms with van der Waals surface area (Å²) in [5.41, 5.74) is 12.0. The molecule has 0 fully saturated rings. The highest BCUT2D eigenvalue weighted by atomic mass is 32.1. The SMILES string of the molecule is NC(=S)[C@H](N)c1ccccc1. The zero-order chi connectivity index (χ0) is 8.27. The van der Waals surface area contributed by atoms with Gasteiger partial charge in [-0.2, -0.15) is 0 Å². The first kappa shape index (κ1) is 8.17. The van der Waals surface area contributed by atoms with Gasteiger partial charge in [-0.3, -0.25) is 0 Å². The minimum atomic E-state index is -0.314. The second-order valence-corrected chi connectivity index (χ2v) is 2.76. The van der Waals surface area contributed by atoms with Crippen LogP contribution in [0.1, 0.15) is 11.6 Å². The van der Waals surface area contributed by atoms with Gasteiger partial charge in [0.2, 0.25) is 0 Å². The fraction of sp³-hybridized carbons (Fsp3) is 0.125. The zero-order valence-electron chi connectivity index (χ0n) is 6.03. The maximum absolute atomic E-state index is 5.67. The van der Waals surface area contributed by atoms with Crippen LogP contribution in [-0.4, -0.2) is 4.99 Å². The van der Waals surface area contributed by atoms with Crippen molar-refractivity contribution in [2.75, 3.05) is 0 Å². The molecule has 0 saturated carbocycles. The lowest BCUT2D eigenvalue weighted by atomic mass is 10.1. The van der Waals surface area contributed by atoms with Crippen molar-refractivity contribution in [3.05, 3.63) is 35.9 Å². The minimum absolute atomic E-state index is 0.314. The Morgan fingerprint density at radius 1 is 1.27 bits per heavy atom. The van der Waals surface area contributed by atoms with E-state index in [1.165, 1.54) is 0 Å². The average molecular weight is 166 g/mol. The summed E-state index contributed by atoms with van der Waals surface area (Å²) in [6, 6.07) is 9.25. The Morgan fingerprint density at radius 2 is 1.82 bits per heavy atom. The molecule has 3 heteroatoms. The highest BCUT2D eigenvalue weighted by Gasteiger charge is 2.06. The van der Waals surface area contributed by atoms with E-state index in [4.69, 9.17) is 23.7 Å². The number of nitrogens with two attached hydrogens (primary N) is 2. The molecule has 0 aliphatic carbocycles. The van der Waals surface area contributed by atoms with E-state index in [1.807, 2.05) is 30.3 Å². The smallest absolute Gasteiger partial charge is 0.0943 e. The van der Waals surface area contributed by atoms with Gasteiger partial charge in [0.25, 0.3) is 0 Å². The van der Waals surface area contributed by atoms with Crippen molar-refractivity contribution in [3.8, 4) is 0 Å². The Morgan fingerprint density at radius 3 is 2.27 bits per heavy atom. The summed E-state index contributed by atoms with van der Waals surface area (Å²) in [4.78, 5) is 0.330. The Kier molecular flexibility index (Phi) is 2.57. The van der Waals surface area contributed by atoms with Crippen LogP contribution in [0.5, 0.6) is 0 Å². The summed E-state index contributed by atoms with van der Waals surface area (Å²) >= 11 is 4.75. The van der Waals surface area contributed by atoms with Crippen molar-refractivity contribution in [1.29, 1.82) is 0 Å². The van der Waals surface area contributed by atoms with Gasteiger partial charge in [-0.05, 0) is 5.56 Å². The van der Waals surface area contributed by atoms with Crippen LogP contribution in [0.4, 0.5) is 0 Å². The molecule has 1 rings (SSSR count). The third-order valence-electron chi connectivity index (χ3n) is 1.47. The van der Waals surface area contributed by atoms with Gasteiger partial charge < -0.3 is 11.5 Å². The summed E-state index contributed by atoms with van der Waals surface area (Å²) in [7, 11) is 0. The monoisotopic (exact) mass is 166 g/mol. The molecule has 4 N–H and O–H groups in total. The minimum Gasteiger partial charge on any atom is -0.392 e. The Labute approximate surface area is 71.2 Å². The van der Waals surface area contributed by atoms with Gasteiger partial charge in [0.15, 0.2) is 0 Å². The second-order valence-electron chi connectivity index (χ2n) is 2.29. The molecule has 58 valence electrons. The molecule has 0 unspecified atom stereocenters. The van der Waals surface area contributed by atoms with E-state index in [0.717, 1.165) is 5.56 Å². The highest BCUT2D eigenvalue weighted by molar-refractivity contribution is 7.80. The summed E-state index contributed by atoms with van der Waals surface area (Å²) < 4.78 is 0. The highest BCUT2D eigenvalue weighted by Crippen LogP contribution is 2.08. The van der Waals surface area contributed by atoms with Crippen LogP contribution in [0.25, 0.3) is 0 Å². The first-order valence-corrected chi connectivity index (χ1v) is 3.72. The molecular weight excluding hydrogens is 156 g/mol. The van der Waals surface area contributed by atoms with Crippen LogP contribution < -0.4 is 11.5 Å². The topological polar surface area (TPSA) is 52.0 Å². The largest absolute Gasteiger partial charge is 0.392 e. The maximum atomic E-state index is 5.67. The van der Waals surface area contributed by atoms with Crippen molar-refractivity contribution in [3.63, 3.8) is 0 Å². The molecule has 1 aromatic carbocycles. The maximum Gasteiger partial charge on any atom is 0.0943 e. The van der Waals surface area contributed by atoms with Gasteiger partial charge in [-0.25, -0.2) is 0 Å². The molecular formula is C8H10N2S. The number of hydrogen-bond donors (Lipinski definition) is 2. The van der Waals surface area contributed by atoms with Crippen LogP contribution in [0.2, 0.25) is 0 Å². The molecule has 11 heavy (non-hydrogen) atoms. The summed E-state index contributed by atoms with van der Waals surface area (Å²) in [5, 5.41) is 0. The van der Waals surface area contributed by atoms with Crippen LogP contribution in [0.15, 0.2) is 30.3 Å².